The summed E-state index contributed by atoms with van der Waals surface area (Å²) < 4.78 is 4.76. The lowest BCUT2D eigenvalue weighted by Gasteiger charge is -2.10. The number of H-pyrrole nitrogens is 1. The molecule has 0 aliphatic carbocycles. The fraction of sp³-hybridized carbons (Fsp3) is 0.263. The van der Waals surface area contributed by atoms with Gasteiger partial charge >= 0.3 is 5.97 Å². The Morgan fingerprint density at radius 2 is 1.82 bits per heavy atom. The van der Waals surface area contributed by atoms with E-state index in [0.29, 0.717) is 16.9 Å². The number of Topliss-reactive ketones (excluding diaryl/α,β-unsaturated/α-hetero) is 1. The number of methoxy groups -OCH3 is 1. The number of carbonyl (C=O) groups excluding carboxylic acids is 4. The maximum atomic E-state index is 12.5. The Balaban J connectivity index is 2.24. The summed E-state index contributed by atoms with van der Waals surface area (Å²) >= 11 is 6.14. The number of amides is 2. The Labute approximate surface area is 166 Å². The maximum Gasteiger partial charge on any atom is 0.339 e. The molecule has 0 unspecified atom stereocenters. The van der Waals surface area contributed by atoms with Crippen LogP contribution >= 0.6 is 11.6 Å². The van der Waals surface area contributed by atoms with Crippen molar-refractivity contribution < 1.29 is 23.9 Å². The fourth-order valence-corrected chi connectivity index (χ4v) is 3.00. The summed E-state index contributed by atoms with van der Waals surface area (Å²) in [6.45, 7) is 4.34. The van der Waals surface area contributed by atoms with Crippen molar-refractivity contribution in [3.63, 3.8) is 0 Å². The fourth-order valence-electron chi connectivity index (χ4n) is 2.77. The Hall–Kier alpha value is -3.13. The zero-order valence-corrected chi connectivity index (χ0v) is 16.6. The minimum absolute atomic E-state index is 0.162. The Bertz CT molecular complexity index is 965. The van der Waals surface area contributed by atoms with Gasteiger partial charge in [-0.2, -0.15) is 0 Å². The van der Waals surface area contributed by atoms with Gasteiger partial charge in [-0.15, -0.1) is 0 Å². The first-order valence-corrected chi connectivity index (χ1v) is 8.69. The molecule has 0 fully saturated rings. The minimum atomic E-state index is -0.637. The average molecular weight is 406 g/mol. The molecule has 1 aromatic heterocycles. The van der Waals surface area contributed by atoms with Crippen LogP contribution < -0.4 is 10.6 Å². The van der Waals surface area contributed by atoms with Crippen molar-refractivity contribution in [2.24, 2.45) is 0 Å². The van der Waals surface area contributed by atoms with Gasteiger partial charge in [0.25, 0.3) is 0 Å². The van der Waals surface area contributed by atoms with Crippen molar-refractivity contribution in [1.82, 2.24) is 4.98 Å². The Morgan fingerprint density at radius 1 is 1.14 bits per heavy atom. The van der Waals surface area contributed by atoms with Crippen LogP contribution in [0.1, 0.15) is 46.0 Å². The molecular weight excluding hydrogens is 386 g/mol. The van der Waals surface area contributed by atoms with Crippen LogP contribution in [0, 0.1) is 6.92 Å². The van der Waals surface area contributed by atoms with Gasteiger partial charge in [0.1, 0.15) is 0 Å². The van der Waals surface area contributed by atoms with Crippen LogP contribution in [0.2, 0.25) is 5.02 Å². The van der Waals surface area contributed by atoms with Crippen molar-refractivity contribution in [3.05, 3.63) is 45.7 Å². The van der Waals surface area contributed by atoms with Crippen LogP contribution in [0.3, 0.4) is 0 Å². The van der Waals surface area contributed by atoms with Crippen LogP contribution in [0.5, 0.6) is 0 Å². The van der Waals surface area contributed by atoms with E-state index in [9.17, 15) is 19.2 Å². The molecule has 2 amide bonds. The number of anilines is 2. The molecule has 0 atom stereocenters. The van der Waals surface area contributed by atoms with Gasteiger partial charge in [0.15, 0.2) is 5.78 Å². The summed E-state index contributed by atoms with van der Waals surface area (Å²) in [7, 11) is 1.22. The second-order valence-corrected chi connectivity index (χ2v) is 6.53. The zero-order chi connectivity index (χ0) is 21.0. The molecule has 2 aromatic rings. The number of ketones is 1. The molecule has 0 spiro atoms. The molecule has 3 N–H and O–H groups in total. The van der Waals surface area contributed by atoms with Crippen molar-refractivity contribution in [2.75, 3.05) is 17.7 Å². The van der Waals surface area contributed by atoms with E-state index >= 15 is 0 Å². The quantitative estimate of drug-likeness (QED) is 0.504. The second kappa shape index (κ2) is 8.71. The first-order valence-electron chi connectivity index (χ1n) is 8.31. The molecule has 0 saturated heterocycles. The van der Waals surface area contributed by atoms with E-state index in [1.54, 1.807) is 19.1 Å². The molecular formula is C19H20ClN3O5. The van der Waals surface area contributed by atoms with E-state index in [1.807, 2.05) is 0 Å². The predicted octanol–water partition coefficient (Wildman–Crippen LogP) is 3.11. The van der Waals surface area contributed by atoms with E-state index in [2.05, 4.69) is 15.6 Å². The van der Waals surface area contributed by atoms with Gasteiger partial charge in [0.05, 0.1) is 35.5 Å². The molecule has 148 valence electrons. The molecule has 1 heterocycles. The van der Waals surface area contributed by atoms with E-state index < -0.39 is 11.9 Å². The highest BCUT2D eigenvalue weighted by Gasteiger charge is 2.24. The van der Waals surface area contributed by atoms with Gasteiger partial charge in [-0.3, -0.25) is 14.4 Å². The Morgan fingerprint density at radius 3 is 2.36 bits per heavy atom. The van der Waals surface area contributed by atoms with Gasteiger partial charge in [0.2, 0.25) is 11.8 Å². The molecule has 0 bridgehead atoms. The summed E-state index contributed by atoms with van der Waals surface area (Å²) in [5.41, 5.74) is 1.96. The number of carbonyl (C=O) groups is 4. The molecule has 9 heteroatoms. The average Bonchev–Trinajstić information content (AvgIpc) is 2.92. The highest BCUT2D eigenvalue weighted by Crippen LogP contribution is 2.26. The lowest BCUT2D eigenvalue weighted by Crippen LogP contribution is -2.17. The van der Waals surface area contributed by atoms with E-state index in [1.165, 1.54) is 27.0 Å². The molecule has 0 aliphatic heterocycles. The van der Waals surface area contributed by atoms with E-state index in [0.717, 1.165) is 0 Å². The molecule has 28 heavy (non-hydrogen) atoms. The smallest absolute Gasteiger partial charge is 0.339 e. The number of ether oxygens (including phenoxy) is 1. The number of hydrogen-bond acceptors (Lipinski definition) is 5. The number of esters is 1. The van der Waals surface area contributed by atoms with Crippen molar-refractivity contribution in [2.45, 2.75) is 27.2 Å². The number of nitrogens with one attached hydrogen (secondary N) is 3. The number of benzene rings is 1. The van der Waals surface area contributed by atoms with Gasteiger partial charge in [0, 0.05) is 25.2 Å². The second-order valence-electron chi connectivity index (χ2n) is 6.13. The van der Waals surface area contributed by atoms with Crippen LogP contribution in [0.25, 0.3) is 0 Å². The monoisotopic (exact) mass is 405 g/mol. The standard InChI is InChI=1S/C19H20ClN3O5/c1-9-17(19(27)28-4)15(23-18(9)10(2)24)8-16(26)22-14-6-5-12(7-13(14)20)21-11(3)25/h5-7,23H,8H2,1-4H3,(H,21,25)(H,22,26). The molecule has 8 nitrogen and oxygen atoms in total. The largest absolute Gasteiger partial charge is 0.465 e. The summed E-state index contributed by atoms with van der Waals surface area (Å²) in [5, 5.41) is 5.46. The van der Waals surface area contributed by atoms with Crippen LogP contribution in [-0.4, -0.2) is 35.7 Å². The Kier molecular flexibility index (Phi) is 6.58. The predicted molar refractivity (Wildman–Crippen MR) is 105 cm³/mol. The highest BCUT2D eigenvalue weighted by molar-refractivity contribution is 6.34. The first-order chi connectivity index (χ1) is 13.1. The topological polar surface area (TPSA) is 117 Å². The van der Waals surface area contributed by atoms with Crippen LogP contribution in [0.4, 0.5) is 11.4 Å². The number of hydrogen-bond donors (Lipinski definition) is 3. The van der Waals surface area contributed by atoms with Gasteiger partial charge in [-0.1, -0.05) is 11.6 Å². The minimum Gasteiger partial charge on any atom is -0.465 e. The van der Waals surface area contributed by atoms with Gasteiger partial charge in [-0.25, -0.2) is 4.79 Å². The lowest BCUT2D eigenvalue weighted by atomic mass is 10.1. The maximum absolute atomic E-state index is 12.5. The summed E-state index contributed by atoms with van der Waals surface area (Å²) in [6, 6.07) is 4.65. The molecule has 2 rings (SSSR count). The van der Waals surface area contributed by atoms with Crippen LogP contribution in [-0.2, 0) is 20.7 Å². The number of aromatic amines is 1. The van der Waals surface area contributed by atoms with Gasteiger partial charge < -0.3 is 20.4 Å². The van der Waals surface area contributed by atoms with E-state index in [4.69, 9.17) is 16.3 Å². The number of rotatable bonds is 6. The van der Waals surface area contributed by atoms with Gasteiger partial charge in [-0.05, 0) is 30.7 Å². The molecule has 0 aliphatic rings. The summed E-state index contributed by atoms with van der Waals surface area (Å²) in [6.07, 6.45) is -0.192. The normalized spacial score (nSPS) is 10.3. The highest BCUT2D eigenvalue weighted by atomic mass is 35.5. The lowest BCUT2D eigenvalue weighted by molar-refractivity contribution is -0.116. The third-order valence-corrected chi connectivity index (χ3v) is 4.28. The first kappa shape index (κ1) is 21.2. The molecule has 1 aromatic carbocycles. The van der Waals surface area contributed by atoms with E-state index in [-0.39, 0.29) is 40.1 Å². The SMILES string of the molecule is COC(=O)c1c(CC(=O)Nc2ccc(NC(C)=O)cc2Cl)[nH]c(C(C)=O)c1C. The van der Waals surface area contributed by atoms with Crippen molar-refractivity contribution >= 4 is 46.5 Å². The summed E-state index contributed by atoms with van der Waals surface area (Å²) in [4.78, 5) is 50.2. The zero-order valence-electron chi connectivity index (χ0n) is 15.9. The van der Waals surface area contributed by atoms with Crippen LogP contribution in [0.15, 0.2) is 18.2 Å². The molecule has 0 radical (unpaired) electrons. The van der Waals surface area contributed by atoms with Crippen molar-refractivity contribution in [3.8, 4) is 0 Å². The molecule has 0 saturated carbocycles. The third kappa shape index (κ3) is 4.77. The number of aromatic nitrogens is 1. The third-order valence-electron chi connectivity index (χ3n) is 3.97. The van der Waals surface area contributed by atoms with Crippen molar-refractivity contribution in [1.29, 1.82) is 0 Å². The number of halogens is 1. The summed E-state index contributed by atoms with van der Waals surface area (Å²) in [5.74, 6) is -1.59.